The molecule has 0 radical (unpaired) electrons. The minimum Gasteiger partial charge on any atom is -0.493 e. The normalized spacial score (nSPS) is 14.3. The highest BCUT2D eigenvalue weighted by Crippen LogP contribution is 2.39. The second kappa shape index (κ2) is 11.9. The molecule has 37 heavy (non-hydrogen) atoms. The van der Waals surface area contributed by atoms with E-state index in [1.54, 1.807) is 54.6 Å². The van der Waals surface area contributed by atoms with E-state index < -0.39 is 11.9 Å². The lowest BCUT2D eigenvalue weighted by Crippen LogP contribution is -2.32. The largest absolute Gasteiger partial charge is 0.493 e. The van der Waals surface area contributed by atoms with Gasteiger partial charge in [0.05, 0.1) is 28.6 Å². The Balaban J connectivity index is 1.46. The average Bonchev–Trinajstić information content (AvgIpc) is 3.14. The minimum atomic E-state index is -0.534. The summed E-state index contributed by atoms with van der Waals surface area (Å²) in [5.74, 6) is 0.134. The third kappa shape index (κ3) is 6.54. The van der Waals surface area contributed by atoms with Crippen molar-refractivity contribution in [3.8, 4) is 17.2 Å². The zero-order valence-electron chi connectivity index (χ0n) is 19.8. The second-order valence-corrected chi connectivity index (χ2v) is 10.2. The van der Waals surface area contributed by atoms with Gasteiger partial charge in [0.1, 0.15) is 12.4 Å². The van der Waals surface area contributed by atoms with Crippen LogP contribution in [0.5, 0.6) is 17.2 Å². The molecule has 7 nitrogen and oxygen atoms in total. The van der Waals surface area contributed by atoms with E-state index in [1.165, 1.54) is 7.11 Å². The van der Waals surface area contributed by atoms with Crippen LogP contribution in [0.3, 0.4) is 0 Å². The van der Waals surface area contributed by atoms with E-state index in [0.29, 0.717) is 26.4 Å². The number of imide groups is 1. The number of rotatable bonds is 8. The van der Waals surface area contributed by atoms with Crippen molar-refractivity contribution in [2.75, 3.05) is 20.3 Å². The predicted octanol–water partition coefficient (Wildman–Crippen LogP) is 6.75. The lowest BCUT2D eigenvalue weighted by Gasteiger charge is -2.13. The summed E-state index contributed by atoms with van der Waals surface area (Å²) in [6.45, 7) is 2.18. The molecule has 4 rings (SSSR count). The van der Waals surface area contributed by atoms with Crippen LogP contribution >= 0.6 is 39.3 Å². The quantitative estimate of drug-likeness (QED) is 0.160. The number of carbonyl (C=O) groups excluding carboxylic acids is 3. The van der Waals surface area contributed by atoms with E-state index in [-0.39, 0.29) is 34.8 Å². The van der Waals surface area contributed by atoms with Crippen LogP contribution in [-0.4, -0.2) is 42.3 Å². The van der Waals surface area contributed by atoms with Crippen molar-refractivity contribution in [3.63, 3.8) is 0 Å². The van der Waals surface area contributed by atoms with E-state index >= 15 is 0 Å². The zero-order chi connectivity index (χ0) is 26.5. The summed E-state index contributed by atoms with van der Waals surface area (Å²) in [6, 6.07) is 17.1. The van der Waals surface area contributed by atoms with Gasteiger partial charge in [-0.15, -0.1) is 0 Å². The molecule has 0 saturated carbocycles. The van der Waals surface area contributed by atoms with E-state index in [4.69, 9.17) is 25.8 Å². The first-order chi connectivity index (χ1) is 17.7. The molecule has 0 bridgehead atoms. The molecule has 1 fully saturated rings. The van der Waals surface area contributed by atoms with Crippen LogP contribution in [0.1, 0.15) is 21.5 Å². The Morgan fingerprint density at radius 3 is 2.46 bits per heavy atom. The minimum absolute atomic E-state index is 0.103. The molecule has 0 atom stereocenters. The predicted molar refractivity (Wildman–Crippen MR) is 146 cm³/mol. The fraction of sp³-hybridized carbons (Fsp3) is 0.148. The molecule has 1 heterocycles. The maximum atomic E-state index is 12.9. The first-order valence-corrected chi connectivity index (χ1v) is 13.0. The van der Waals surface area contributed by atoms with Crippen LogP contribution in [0.15, 0.2) is 70.0 Å². The number of benzene rings is 3. The average molecular weight is 603 g/mol. The molecule has 190 valence electrons. The van der Waals surface area contributed by atoms with Gasteiger partial charge >= 0.3 is 5.97 Å². The Hall–Kier alpha value is -3.27. The van der Waals surface area contributed by atoms with Crippen LogP contribution in [0.4, 0.5) is 4.79 Å². The number of hydrogen-bond acceptors (Lipinski definition) is 7. The van der Waals surface area contributed by atoms with E-state index in [2.05, 4.69) is 15.9 Å². The topological polar surface area (TPSA) is 82.1 Å². The molecule has 0 spiro atoms. The van der Waals surface area contributed by atoms with Crippen molar-refractivity contribution in [1.29, 1.82) is 0 Å². The molecular weight excluding hydrogens is 582 g/mol. The van der Waals surface area contributed by atoms with Gasteiger partial charge in [0.25, 0.3) is 11.1 Å². The maximum absolute atomic E-state index is 12.9. The highest BCUT2D eigenvalue weighted by Gasteiger charge is 2.35. The molecular formula is C27H21BrClNO6S. The van der Waals surface area contributed by atoms with E-state index in [0.717, 1.165) is 22.2 Å². The van der Waals surface area contributed by atoms with Crippen molar-refractivity contribution >= 4 is 62.5 Å². The third-order valence-electron chi connectivity index (χ3n) is 5.30. The number of esters is 1. The van der Waals surface area contributed by atoms with Crippen LogP contribution in [0.2, 0.25) is 5.02 Å². The molecule has 3 aromatic carbocycles. The zero-order valence-corrected chi connectivity index (χ0v) is 23.0. The lowest BCUT2D eigenvalue weighted by atomic mass is 10.1. The standard InChI is InChI=1S/C27H21BrClNO6S/c1-16-3-5-18(6-4-16)26(32)36-24-21(28)13-17(14-22(24)34-2)15-23-25(31)30(27(33)37-23)11-12-35-20-9-7-19(29)8-10-20/h3-10,13-15H,11-12H2,1-2H3/b23-15-. The van der Waals surface area contributed by atoms with E-state index in [9.17, 15) is 14.4 Å². The first-order valence-electron chi connectivity index (χ1n) is 11.1. The van der Waals surface area contributed by atoms with Gasteiger partial charge in [-0.25, -0.2) is 4.79 Å². The second-order valence-electron chi connectivity index (χ2n) is 7.93. The van der Waals surface area contributed by atoms with Crippen LogP contribution in [0.25, 0.3) is 6.08 Å². The maximum Gasteiger partial charge on any atom is 0.343 e. The van der Waals surface area contributed by atoms with Gasteiger partial charge in [0, 0.05) is 5.02 Å². The van der Waals surface area contributed by atoms with Crippen molar-refractivity contribution in [1.82, 2.24) is 4.90 Å². The van der Waals surface area contributed by atoms with Crippen molar-refractivity contribution in [2.24, 2.45) is 0 Å². The summed E-state index contributed by atoms with van der Waals surface area (Å²) in [6.07, 6.45) is 1.59. The first kappa shape index (κ1) is 26.8. The van der Waals surface area contributed by atoms with Crippen molar-refractivity contribution < 1.29 is 28.6 Å². The Bertz CT molecular complexity index is 1370. The molecule has 1 aliphatic heterocycles. The van der Waals surface area contributed by atoms with Gasteiger partial charge in [-0.3, -0.25) is 14.5 Å². The monoisotopic (exact) mass is 601 g/mol. The Morgan fingerprint density at radius 2 is 1.78 bits per heavy atom. The molecule has 2 amide bonds. The fourth-order valence-electron chi connectivity index (χ4n) is 3.39. The van der Waals surface area contributed by atoms with E-state index in [1.807, 2.05) is 19.1 Å². The Kier molecular flexibility index (Phi) is 8.58. The highest BCUT2D eigenvalue weighted by molar-refractivity contribution is 9.10. The Morgan fingerprint density at radius 1 is 1.08 bits per heavy atom. The highest BCUT2D eigenvalue weighted by atomic mass is 79.9. The molecule has 0 aromatic heterocycles. The van der Waals surface area contributed by atoms with Gasteiger partial charge in [-0.05, 0) is 94.8 Å². The summed E-state index contributed by atoms with van der Waals surface area (Å²) in [4.78, 5) is 39.3. The summed E-state index contributed by atoms with van der Waals surface area (Å²) < 4.78 is 17.1. The summed E-state index contributed by atoms with van der Waals surface area (Å²) in [5.41, 5.74) is 2.01. The SMILES string of the molecule is COc1cc(/C=C2\SC(=O)N(CCOc3ccc(Cl)cc3)C2=O)cc(Br)c1OC(=O)c1ccc(C)cc1. The lowest BCUT2D eigenvalue weighted by molar-refractivity contribution is -0.123. The van der Waals surface area contributed by atoms with Crippen molar-refractivity contribution in [2.45, 2.75) is 6.92 Å². The summed E-state index contributed by atoms with van der Waals surface area (Å²) >= 11 is 10.1. The molecule has 1 saturated heterocycles. The van der Waals surface area contributed by atoms with Gasteiger partial charge < -0.3 is 14.2 Å². The smallest absolute Gasteiger partial charge is 0.343 e. The summed E-state index contributed by atoms with van der Waals surface area (Å²) in [7, 11) is 1.45. The molecule has 3 aromatic rings. The number of aryl methyl sites for hydroxylation is 1. The number of halogens is 2. The van der Waals surface area contributed by atoms with Crippen LogP contribution in [0, 0.1) is 6.92 Å². The van der Waals surface area contributed by atoms with Crippen molar-refractivity contribution in [3.05, 3.63) is 91.8 Å². The molecule has 0 aliphatic carbocycles. The molecule has 0 unspecified atom stereocenters. The Labute approximate surface area is 231 Å². The fourth-order valence-corrected chi connectivity index (χ4v) is 4.92. The summed E-state index contributed by atoms with van der Waals surface area (Å²) in [5, 5.41) is 0.204. The number of ether oxygens (including phenoxy) is 3. The van der Waals surface area contributed by atoms with Gasteiger partial charge in [-0.1, -0.05) is 29.3 Å². The van der Waals surface area contributed by atoms with Gasteiger partial charge in [0.2, 0.25) is 0 Å². The van der Waals surface area contributed by atoms with Crippen LogP contribution in [-0.2, 0) is 4.79 Å². The third-order valence-corrected chi connectivity index (χ3v) is 7.05. The molecule has 1 aliphatic rings. The van der Waals surface area contributed by atoms with Crippen LogP contribution < -0.4 is 14.2 Å². The molecule has 10 heteroatoms. The number of amides is 2. The number of nitrogens with zero attached hydrogens (tertiary/aromatic N) is 1. The van der Waals surface area contributed by atoms with Gasteiger partial charge in [-0.2, -0.15) is 0 Å². The van der Waals surface area contributed by atoms with Gasteiger partial charge in [0.15, 0.2) is 11.5 Å². The number of thioether (sulfide) groups is 1. The molecule has 0 N–H and O–H groups in total. The number of carbonyl (C=O) groups is 3. The number of methoxy groups -OCH3 is 1. The number of hydrogen-bond donors (Lipinski definition) is 0.